The monoisotopic (exact) mass is 301 g/mol. The number of ether oxygens (including phenoxy) is 1. The number of alkyl halides is 3. The van der Waals surface area contributed by atoms with E-state index in [2.05, 4.69) is 9.72 Å². The van der Waals surface area contributed by atoms with Crippen LogP contribution in [-0.2, 0) is 9.05 Å². The molecule has 6 nitrogen and oxygen atoms in total. The molecule has 0 aromatic carbocycles. The topological polar surface area (TPSA) is 106 Å². The Hall–Kier alpha value is -1.73. The molecule has 1 rings (SSSR count). The second-order valence-electron chi connectivity index (χ2n) is 2.83. The van der Waals surface area contributed by atoms with Gasteiger partial charge in [-0.15, -0.1) is 13.2 Å². The molecule has 0 radical (unpaired) electrons. The maximum absolute atomic E-state index is 12.1. The second kappa shape index (κ2) is 4.51. The van der Waals surface area contributed by atoms with Crippen LogP contribution >= 0.6 is 10.7 Å². The highest BCUT2D eigenvalue weighted by molar-refractivity contribution is 8.13. The first-order valence-electron chi connectivity index (χ1n) is 3.95. The number of hydrogen-bond acceptors (Lipinski definition) is 6. The Labute approximate surface area is 103 Å². The molecular weight excluding hydrogens is 299 g/mol. The van der Waals surface area contributed by atoms with Crippen LogP contribution in [0.15, 0.2) is 11.1 Å². The largest absolute Gasteiger partial charge is 0.573 e. The van der Waals surface area contributed by atoms with Gasteiger partial charge in [0.05, 0.1) is 0 Å². The third kappa shape index (κ3) is 3.38. The molecule has 0 aliphatic carbocycles. The molecular formula is C7H3ClF3N3O3S. The summed E-state index contributed by atoms with van der Waals surface area (Å²) >= 11 is 0. The zero-order valence-electron chi connectivity index (χ0n) is 8.19. The van der Waals surface area contributed by atoms with E-state index in [4.69, 9.17) is 21.7 Å². The fourth-order valence-corrected chi connectivity index (χ4v) is 1.89. The van der Waals surface area contributed by atoms with E-state index in [0.717, 1.165) is 6.07 Å². The number of hydrogen-bond donors (Lipinski definition) is 1. The minimum Gasteiger partial charge on any atom is -0.401 e. The summed E-state index contributed by atoms with van der Waals surface area (Å²) in [5, 5.41) is 7.35. The van der Waals surface area contributed by atoms with Gasteiger partial charge in [0.1, 0.15) is 17.5 Å². The van der Waals surface area contributed by atoms with E-state index < -0.39 is 37.6 Å². The van der Waals surface area contributed by atoms with E-state index >= 15 is 0 Å². The Bertz CT molecular complexity index is 623. The van der Waals surface area contributed by atoms with E-state index in [1.165, 1.54) is 6.07 Å². The van der Waals surface area contributed by atoms with Crippen LogP contribution in [0.25, 0.3) is 0 Å². The Balaban J connectivity index is 3.60. The van der Waals surface area contributed by atoms with Crippen molar-refractivity contribution in [2.24, 2.45) is 0 Å². The van der Waals surface area contributed by atoms with Crippen molar-refractivity contribution in [1.29, 1.82) is 5.26 Å². The van der Waals surface area contributed by atoms with Gasteiger partial charge in [0.25, 0.3) is 9.05 Å². The van der Waals surface area contributed by atoms with Crippen molar-refractivity contribution in [3.8, 4) is 11.8 Å². The minimum atomic E-state index is -5.21. The molecule has 0 atom stereocenters. The van der Waals surface area contributed by atoms with Crippen molar-refractivity contribution in [3.05, 3.63) is 11.6 Å². The molecule has 11 heteroatoms. The number of nitrogen functional groups attached to an aromatic ring is 1. The minimum absolute atomic E-state index is 0.486. The summed E-state index contributed by atoms with van der Waals surface area (Å²) in [5.74, 6) is -1.80. The first-order chi connectivity index (χ1) is 8.04. The lowest BCUT2D eigenvalue weighted by Gasteiger charge is -2.12. The molecule has 98 valence electrons. The highest BCUT2D eigenvalue weighted by Gasteiger charge is 2.36. The predicted octanol–water partition coefficient (Wildman–Crippen LogP) is 1.36. The van der Waals surface area contributed by atoms with Crippen LogP contribution in [0.1, 0.15) is 5.56 Å². The summed E-state index contributed by atoms with van der Waals surface area (Å²) in [6, 6.07) is 2.03. The zero-order valence-corrected chi connectivity index (χ0v) is 9.77. The molecule has 1 heterocycles. The highest BCUT2D eigenvalue weighted by Crippen LogP contribution is 2.34. The third-order valence-corrected chi connectivity index (χ3v) is 2.71. The van der Waals surface area contributed by atoms with Crippen LogP contribution in [0.5, 0.6) is 5.75 Å². The van der Waals surface area contributed by atoms with Crippen molar-refractivity contribution >= 4 is 25.6 Å². The number of anilines is 1. The maximum atomic E-state index is 12.1. The quantitative estimate of drug-likeness (QED) is 0.827. The van der Waals surface area contributed by atoms with E-state index in [0.29, 0.717) is 0 Å². The molecule has 0 spiro atoms. The van der Waals surface area contributed by atoms with Gasteiger partial charge in [-0.1, -0.05) is 0 Å². The molecule has 1 aromatic rings. The summed E-state index contributed by atoms with van der Waals surface area (Å²) in [6.45, 7) is 0. The number of rotatable bonds is 2. The number of nitrogens with zero attached hydrogens (tertiary/aromatic N) is 2. The third-order valence-electron chi connectivity index (χ3n) is 1.53. The lowest BCUT2D eigenvalue weighted by Crippen LogP contribution is -2.20. The second-order valence-corrected chi connectivity index (χ2v) is 5.31. The van der Waals surface area contributed by atoms with Crippen LogP contribution < -0.4 is 10.5 Å². The Morgan fingerprint density at radius 3 is 2.44 bits per heavy atom. The van der Waals surface area contributed by atoms with Crippen molar-refractivity contribution in [3.63, 3.8) is 0 Å². The summed E-state index contributed by atoms with van der Waals surface area (Å²) < 4.78 is 61.8. The van der Waals surface area contributed by atoms with Crippen LogP contribution in [0.3, 0.4) is 0 Å². The number of halogens is 4. The van der Waals surface area contributed by atoms with Gasteiger partial charge in [-0.05, 0) is 0 Å². The summed E-state index contributed by atoms with van der Waals surface area (Å²) in [7, 11) is 0.235. The first kappa shape index (κ1) is 14.3. The van der Waals surface area contributed by atoms with Crippen molar-refractivity contribution < 1.29 is 26.3 Å². The van der Waals surface area contributed by atoms with Gasteiger partial charge in [-0.3, -0.25) is 0 Å². The predicted molar refractivity (Wildman–Crippen MR) is 53.1 cm³/mol. The molecule has 1 aromatic heterocycles. The van der Waals surface area contributed by atoms with Crippen LogP contribution in [0.4, 0.5) is 19.0 Å². The lowest BCUT2D eigenvalue weighted by atomic mass is 10.2. The Morgan fingerprint density at radius 2 is 2.06 bits per heavy atom. The molecule has 0 unspecified atom stereocenters. The van der Waals surface area contributed by atoms with Crippen LogP contribution in [0, 0.1) is 11.3 Å². The molecule has 0 aliphatic rings. The van der Waals surface area contributed by atoms with Crippen LogP contribution in [-0.4, -0.2) is 19.8 Å². The van der Waals surface area contributed by atoms with Gasteiger partial charge in [0.15, 0.2) is 5.75 Å². The standard InChI is InChI=1S/C7H3ClF3N3O3S/c8-18(15,16)6-5(17-7(9,10)11)3(2-12)1-4(13)14-6/h1H,(H2,13,14). The molecule has 2 N–H and O–H groups in total. The fraction of sp³-hybridized carbons (Fsp3) is 0.143. The highest BCUT2D eigenvalue weighted by atomic mass is 35.7. The lowest BCUT2D eigenvalue weighted by molar-refractivity contribution is -0.275. The number of aromatic nitrogens is 1. The average molecular weight is 302 g/mol. The molecule has 0 saturated carbocycles. The van der Waals surface area contributed by atoms with Gasteiger partial charge in [0.2, 0.25) is 5.03 Å². The summed E-state index contributed by atoms with van der Waals surface area (Å²) in [5.41, 5.74) is 4.39. The normalized spacial score (nSPS) is 11.9. The van der Waals surface area contributed by atoms with E-state index in [1.54, 1.807) is 0 Å². The van der Waals surface area contributed by atoms with Gasteiger partial charge in [-0.2, -0.15) is 5.26 Å². The van der Waals surface area contributed by atoms with Gasteiger partial charge >= 0.3 is 6.36 Å². The van der Waals surface area contributed by atoms with E-state index in [-0.39, 0.29) is 0 Å². The van der Waals surface area contributed by atoms with Gasteiger partial charge in [0, 0.05) is 16.7 Å². The van der Waals surface area contributed by atoms with Gasteiger partial charge in [-0.25, -0.2) is 13.4 Å². The van der Waals surface area contributed by atoms with Crippen molar-refractivity contribution in [2.75, 3.05) is 5.73 Å². The van der Waals surface area contributed by atoms with E-state index in [1.807, 2.05) is 0 Å². The Morgan fingerprint density at radius 1 is 1.50 bits per heavy atom. The van der Waals surface area contributed by atoms with Gasteiger partial charge < -0.3 is 10.5 Å². The van der Waals surface area contributed by atoms with E-state index in [9.17, 15) is 21.6 Å². The summed E-state index contributed by atoms with van der Waals surface area (Å²) in [6.07, 6.45) is -5.21. The summed E-state index contributed by atoms with van der Waals surface area (Å²) in [4.78, 5) is 3.12. The van der Waals surface area contributed by atoms with Crippen molar-refractivity contribution in [1.82, 2.24) is 4.98 Å². The zero-order chi connectivity index (χ0) is 14.1. The molecule has 0 amide bonds. The first-order valence-corrected chi connectivity index (χ1v) is 6.26. The molecule has 0 aliphatic heterocycles. The SMILES string of the molecule is N#Cc1cc(N)nc(S(=O)(=O)Cl)c1OC(F)(F)F. The molecule has 18 heavy (non-hydrogen) atoms. The average Bonchev–Trinajstić information content (AvgIpc) is 2.16. The van der Waals surface area contributed by atoms with Crippen LogP contribution in [0.2, 0.25) is 0 Å². The molecule has 0 bridgehead atoms. The molecule has 0 fully saturated rings. The smallest absolute Gasteiger partial charge is 0.401 e. The maximum Gasteiger partial charge on any atom is 0.573 e. The number of nitrogens with two attached hydrogens (primary N) is 1. The molecule has 0 saturated heterocycles. The fourth-order valence-electron chi connectivity index (χ4n) is 0.992. The number of nitriles is 1. The number of pyridine rings is 1. The van der Waals surface area contributed by atoms with Crippen molar-refractivity contribution in [2.45, 2.75) is 11.4 Å². The Kier molecular flexibility index (Phi) is 3.59.